The number of primary amides is 1. The third-order valence-electron chi connectivity index (χ3n) is 4.10. The summed E-state index contributed by atoms with van der Waals surface area (Å²) >= 11 is 0. The molecule has 0 aromatic rings. The van der Waals surface area contributed by atoms with Crippen LogP contribution in [0.1, 0.15) is 33.6 Å². The van der Waals surface area contributed by atoms with Gasteiger partial charge in [0.2, 0.25) is 5.91 Å². The Balaban J connectivity index is 2.82. The lowest BCUT2D eigenvalue weighted by Gasteiger charge is -2.39. The van der Waals surface area contributed by atoms with E-state index in [4.69, 9.17) is 10.5 Å². The predicted octanol–water partition coefficient (Wildman–Crippen LogP) is 0.587. The standard InChI is InChI=1S/C14H29N3O2/c1-5-16-14(13(15)18,12-7-8-12)10-17(6-2)11(3)9-19-4/h11-12,16H,5-10H2,1-4H3,(H2,15,18). The number of carbonyl (C=O) groups is 1. The van der Waals surface area contributed by atoms with Crippen molar-refractivity contribution < 1.29 is 9.53 Å². The number of rotatable bonds is 10. The van der Waals surface area contributed by atoms with Gasteiger partial charge in [-0.2, -0.15) is 0 Å². The minimum atomic E-state index is -0.577. The van der Waals surface area contributed by atoms with Gasteiger partial charge in [0.25, 0.3) is 0 Å². The summed E-state index contributed by atoms with van der Waals surface area (Å²) in [5, 5.41) is 3.36. The largest absolute Gasteiger partial charge is 0.383 e. The summed E-state index contributed by atoms with van der Waals surface area (Å²) in [5.74, 6) is 0.161. The highest BCUT2D eigenvalue weighted by Gasteiger charge is 2.50. The Bertz CT molecular complexity index is 294. The Morgan fingerprint density at radius 1 is 1.53 bits per heavy atom. The average molecular weight is 271 g/mol. The number of likely N-dealkylation sites (N-methyl/N-ethyl adjacent to an activating group) is 2. The molecule has 0 bridgehead atoms. The highest BCUT2D eigenvalue weighted by atomic mass is 16.5. The molecule has 1 saturated carbocycles. The van der Waals surface area contributed by atoms with Crippen molar-refractivity contribution in [2.45, 2.75) is 45.2 Å². The van der Waals surface area contributed by atoms with E-state index in [2.05, 4.69) is 24.1 Å². The molecule has 1 aliphatic carbocycles. The van der Waals surface area contributed by atoms with Crippen LogP contribution in [0.4, 0.5) is 0 Å². The summed E-state index contributed by atoms with van der Waals surface area (Å²) in [6, 6.07) is 0.283. The highest BCUT2D eigenvalue weighted by molar-refractivity contribution is 5.86. The lowest BCUT2D eigenvalue weighted by molar-refractivity contribution is -0.126. The molecule has 2 atom stereocenters. The van der Waals surface area contributed by atoms with Crippen molar-refractivity contribution in [2.24, 2.45) is 11.7 Å². The number of carbonyl (C=O) groups excluding carboxylic acids is 1. The van der Waals surface area contributed by atoms with E-state index in [0.29, 0.717) is 19.1 Å². The molecule has 0 aliphatic heterocycles. The van der Waals surface area contributed by atoms with Gasteiger partial charge < -0.3 is 15.8 Å². The maximum atomic E-state index is 12.0. The Kier molecular flexibility index (Phi) is 6.23. The summed E-state index contributed by atoms with van der Waals surface area (Å²) < 4.78 is 5.22. The second-order valence-electron chi connectivity index (χ2n) is 5.51. The molecule has 0 spiro atoms. The second-order valence-corrected chi connectivity index (χ2v) is 5.51. The summed E-state index contributed by atoms with van der Waals surface area (Å²) in [6.07, 6.45) is 2.18. The minimum Gasteiger partial charge on any atom is -0.383 e. The molecule has 2 unspecified atom stereocenters. The molecule has 5 nitrogen and oxygen atoms in total. The molecule has 0 saturated heterocycles. The first-order valence-corrected chi connectivity index (χ1v) is 7.29. The van der Waals surface area contributed by atoms with Crippen molar-refractivity contribution in [3.05, 3.63) is 0 Å². The number of nitrogens with two attached hydrogens (primary N) is 1. The zero-order chi connectivity index (χ0) is 14.5. The lowest BCUT2D eigenvalue weighted by Crippen LogP contribution is -2.64. The van der Waals surface area contributed by atoms with Gasteiger partial charge in [-0.3, -0.25) is 9.69 Å². The maximum absolute atomic E-state index is 12.0. The van der Waals surface area contributed by atoms with E-state index in [0.717, 1.165) is 25.9 Å². The van der Waals surface area contributed by atoms with Crippen LogP contribution in [0, 0.1) is 5.92 Å². The van der Waals surface area contributed by atoms with E-state index in [9.17, 15) is 4.79 Å². The number of hydrogen-bond donors (Lipinski definition) is 2. The van der Waals surface area contributed by atoms with E-state index in [-0.39, 0.29) is 11.9 Å². The fraction of sp³-hybridized carbons (Fsp3) is 0.929. The molecule has 3 N–H and O–H groups in total. The molecule has 0 aromatic carbocycles. The van der Waals surface area contributed by atoms with Gasteiger partial charge in [0.05, 0.1) is 6.61 Å². The molecule has 0 radical (unpaired) electrons. The van der Waals surface area contributed by atoms with Crippen LogP contribution in [-0.4, -0.2) is 55.7 Å². The molecule has 0 heterocycles. The Morgan fingerprint density at radius 3 is 2.53 bits per heavy atom. The van der Waals surface area contributed by atoms with Crippen LogP contribution in [0.3, 0.4) is 0 Å². The molecule has 19 heavy (non-hydrogen) atoms. The molecule has 1 fully saturated rings. The second kappa shape index (κ2) is 7.22. The molecule has 1 rings (SSSR count). The molecule has 0 aromatic heterocycles. The first kappa shape index (κ1) is 16.4. The Morgan fingerprint density at radius 2 is 2.16 bits per heavy atom. The number of amides is 1. The van der Waals surface area contributed by atoms with Gasteiger partial charge >= 0.3 is 0 Å². The molecule has 5 heteroatoms. The zero-order valence-electron chi connectivity index (χ0n) is 12.7. The summed E-state index contributed by atoms with van der Waals surface area (Å²) in [6.45, 7) is 9.23. The smallest absolute Gasteiger partial charge is 0.239 e. The van der Waals surface area contributed by atoms with Crippen LogP contribution in [-0.2, 0) is 9.53 Å². The molecule has 1 aliphatic rings. The van der Waals surface area contributed by atoms with Crippen molar-refractivity contribution >= 4 is 5.91 Å². The van der Waals surface area contributed by atoms with Crippen molar-refractivity contribution in [3.8, 4) is 0 Å². The topological polar surface area (TPSA) is 67.6 Å². The van der Waals surface area contributed by atoms with E-state index in [1.807, 2.05) is 6.92 Å². The van der Waals surface area contributed by atoms with Gasteiger partial charge in [-0.25, -0.2) is 0 Å². The third kappa shape index (κ3) is 3.91. The number of hydrogen-bond acceptors (Lipinski definition) is 4. The number of nitrogens with zero attached hydrogens (tertiary/aromatic N) is 1. The number of ether oxygens (including phenoxy) is 1. The molecular formula is C14H29N3O2. The van der Waals surface area contributed by atoms with Crippen LogP contribution in [0.2, 0.25) is 0 Å². The summed E-state index contributed by atoms with van der Waals surface area (Å²) in [7, 11) is 1.71. The van der Waals surface area contributed by atoms with Crippen molar-refractivity contribution in [3.63, 3.8) is 0 Å². The zero-order valence-corrected chi connectivity index (χ0v) is 12.7. The van der Waals surface area contributed by atoms with Crippen molar-refractivity contribution in [1.29, 1.82) is 0 Å². The van der Waals surface area contributed by atoms with Crippen LogP contribution in [0.25, 0.3) is 0 Å². The van der Waals surface area contributed by atoms with Gasteiger partial charge in [-0.1, -0.05) is 13.8 Å². The van der Waals surface area contributed by atoms with E-state index in [1.54, 1.807) is 7.11 Å². The highest BCUT2D eigenvalue weighted by Crippen LogP contribution is 2.40. The van der Waals surface area contributed by atoms with Gasteiger partial charge in [-0.05, 0) is 38.8 Å². The van der Waals surface area contributed by atoms with Crippen molar-refractivity contribution in [1.82, 2.24) is 10.2 Å². The molecule has 1 amide bonds. The quantitative estimate of drug-likeness (QED) is 0.610. The van der Waals surface area contributed by atoms with Crippen LogP contribution < -0.4 is 11.1 Å². The first-order valence-electron chi connectivity index (χ1n) is 7.29. The SMILES string of the molecule is CCNC(CN(CC)C(C)COC)(C(N)=O)C1CC1. The number of methoxy groups -OCH3 is 1. The van der Waals surface area contributed by atoms with Gasteiger partial charge in [0.1, 0.15) is 5.54 Å². The molecular weight excluding hydrogens is 242 g/mol. The fourth-order valence-electron chi connectivity index (χ4n) is 2.83. The maximum Gasteiger partial charge on any atom is 0.239 e. The minimum absolute atomic E-state index is 0.222. The van der Waals surface area contributed by atoms with Crippen LogP contribution >= 0.6 is 0 Å². The van der Waals surface area contributed by atoms with Crippen molar-refractivity contribution in [2.75, 3.05) is 33.4 Å². The van der Waals surface area contributed by atoms with Crippen LogP contribution in [0.15, 0.2) is 0 Å². The van der Waals surface area contributed by atoms with E-state index >= 15 is 0 Å². The average Bonchev–Trinajstić information content (AvgIpc) is 3.18. The van der Waals surface area contributed by atoms with Gasteiger partial charge in [0.15, 0.2) is 0 Å². The monoisotopic (exact) mass is 271 g/mol. The predicted molar refractivity (Wildman–Crippen MR) is 76.9 cm³/mol. The number of nitrogens with one attached hydrogen (secondary N) is 1. The Hall–Kier alpha value is -0.650. The van der Waals surface area contributed by atoms with E-state index in [1.165, 1.54) is 0 Å². The first-order chi connectivity index (χ1) is 9.01. The molecule has 112 valence electrons. The summed E-state index contributed by atoms with van der Waals surface area (Å²) in [4.78, 5) is 14.3. The van der Waals surface area contributed by atoms with Gasteiger partial charge in [-0.15, -0.1) is 0 Å². The van der Waals surface area contributed by atoms with Gasteiger partial charge in [0, 0.05) is 19.7 Å². The summed E-state index contributed by atoms with van der Waals surface area (Å²) in [5.41, 5.74) is 5.14. The van der Waals surface area contributed by atoms with E-state index < -0.39 is 5.54 Å². The Labute approximate surface area is 116 Å². The normalized spacial score (nSPS) is 20.3. The van der Waals surface area contributed by atoms with Crippen LogP contribution in [0.5, 0.6) is 0 Å². The lowest BCUT2D eigenvalue weighted by atomic mass is 9.90. The fourth-order valence-corrected chi connectivity index (χ4v) is 2.83. The third-order valence-corrected chi connectivity index (χ3v) is 4.10.